The molecule has 1 saturated heterocycles. The lowest BCUT2D eigenvalue weighted by atomic mass is 9.85. The minimum absolute atomic E-state index is 0.0496. The van der Waals surface area contributed by atoms with Gasteiger partial charge in [0.15, 0.2) is 0 Å². The van der Waals surface area contributed by atoms with Crippen LogP contribution >= 0.6 is 0 Å². The summed E-state index contributed by atoms with van der Waals surface area (Å²) in [5.74, 6) is 0.0496. The minimum atomic E-state index is -0.671. The number of hydrogen-bond donors (Lipinski definition) is 2. The lowest BCUT2D eigenvalue weighted by Crippen LogP contribution is -2.54. The average Bonchev–Trinajstić information content (AvgIpc) is 2.46. The third-order valence-corrected chi connectivity index (χ3v) is 4.84. The summed E-state index contributed by atoms with van der Waals surface area (Å²) in [5, 5.41) is 13.4. The Morgan fingerprint density at radius 1 is 1.20 bits per heavy atom. The van der Waals surface area contributed by atoms with Crippen LogP contribution in [0.3, 0.4) is 0 Å². The molecule has 1 amide bonds. The summed E-state index contributed by atoms with van der Waals surface area (Å²) in [7, 11) is 2.11. The predicted octanol–water partition coefficient (Wildman–Crippen LogP) is 0.434. The Hall–Kier alpha value is -0.650. The van der Waals surface area contributed by atoms with Crippen molar-refractivity contribution in [1.29, 1.82) is 0 Å². The molecule has 0 aromatic carbocycles. The van der Waals surface area contributed by atoms with Crippen molar-refractivity contribution < 1.29 is 9.90 Å². The molecule has 1 unspecified atom stereocenters. The van der Waals surface area contributed by atoms with E-state index in [-0.39, 0.29) is 11.9 Å². The second-order valence-electron chi connectivity index (χ2n) is 6.52. The van der Waals surface area contributed by atoms with Crippen molar-refractivity contribution in [2.75, 3.05) is 39.8 Å². The van der Waals surface area contributed by atoms with Crippen molar-refractivity contribution in [2.24, 2.45) is 0 Å². The normalized spacial score (nSPS) is 26.1. The number of amides is 1. The van der Waals surface area contributed by atoms with Crippen molar-refractivity contribution in [1.82, 2.24) is 15.1 Å². The van der Waals surface area contributed by atoms with Crippen LogP contribution in [0.5, 0.6) is 0 Å². The van der Waals surface area contributed by atoms with Crippen LogP contribution in [0.25, 0.3) is 0 Å². The number of carbonyl (C=O) groups is 1. The van der Waals surface area contributed by atoms with Crippen molar-refractivity contribution in [3.8, 4) is 0 Å². The van der Waals surface area contributed by atoms with Crippen molar-refractivity contribution in [3.63, 3.8) is 0 Å². The zero-order valence-electron chi connectivity index (χ0n) is 12.9. The minimum Gasteiger partial charge on any atom is -0.388 e. The van der Waals surface area contributed by atoms with E-state index in [0.29, 0.717) is 6.54 Å². The highest BCUT2D eigenvalue weighted by atomic mass is 16.3. The van der Waals surface area contributed by atoms with Gasteiger partial charge in [0.25, 0.3) is 0 Å². The van der Waals surface area contributed by atoms with Gasteiger partial charge in [-0.25, -0.2) is 0 Å². The largest absolute Gasteiger partial charge is 0.388 e. The number of piperazine rings is 1. The third-order valence-electron chi connectivity index (χ3n) is 4.84. The van der Waals surface area contributed by atoms with Gasteiger partial charge in [0.05, 0.1) is 11.6 Å². The van der Waals surface area contributed by atoms with E-state index in [1.807, 2.05) is 6.92 Å². The molecule has 1 aliphatic heterocycles. The lowest BCUT2D eigenvalue weighted by molar-refractivity contribution is -0.128. The molecule has 2 rings (SSSR count). The van der Waals surface area contributed by atoms with E-state index < -0.39 is 5.60 Å². The number of carbonyl (C=O) groups excluding carboxylic acids is 1. The molecule has 0 aromatic rings. The molecule has 20 heavy (non-hydrogen) atoms. The topological polar surface area (TPSA) is 55.8 Å². The Bertz CT molecular complexity index is 321. The van der Waals surface area contributed by atoms with Crippen LogP contribution in [-0.2, 0) is 4.79 Å². The fourth-order valence-corrected chi connectivity index (χ4v) is 3.16. The van der Waals surface area contributed by atoms with Crippen molar-refractivity contribution in [2.45, 2.75) is 50.7 Å². The SMILES string of the molecule is CC(C(=O)NCC1(O)CCCCC1)N1CCN(C)CC1. The van der Waals surface area contributed by atoms with Gasteiger partial charge < -0.3 is 15.3 Å². The summed E-state index contributed by atoms with van der Waals surface area (Å²) < 4.78 is 0. The van der Waals surface area contributed by atoms with Gasteiger partial charge in [-0.05, 0) is 26.8 Å². The van der Waals surface area contributed by atoms with Gasteiger partial charge >= 0.3 is 0 Å². The maximum Gasteiger partial charge on any atom is 0.237 e. The zero-order chi connectivity index (χ0) is 14.6. The smallest absolute Gasteiger partial charge is 0.237 e. The molecule has 1 aliphatic carbocycles. The summed E-state index contributed by atoms with van der Waals surface area (Å²) >= 11 is 0. The predicted molar refractivity (Wildman–Crippen MR) is 79.6 cm³/mol. The maximum atomic E-state index is 12.2. The Balaban J connectivity index is 1.76. The number of hydrogen-bond acceptors (Lipinski definition) is 4. The van der Waals surface area contributed by atoms with Gasteiger partial charge in [0, 0.05) is 32.7 Å². The molecule has 2 N–H and O–H groups in total. The van der Waals surface area contributed by atoms with E-state index in [2.05, 4.69) is 22.2 Å². The molecular weight excluding hydrogens is 254 g/mol. The molecule has 5 nitrogen and oxygen atoms in total. The second-order valence-corrected chi connectivity index (χ2v) is 6.52. The average molecular weight is 283 g/mol. The second kappa shape index (κ2) is 6.87. The maximum absolute atomic E-state index is 12.2. The molecular formula is C15H29N3O2. The van der Waals surface area contributed by atoms with E-state index in [1.165, 1.54) is 6.42 Å². The van der Waals surface area contributed by atoms with Gasteiger partial charge in [-0.15, -0.1) is 0 Å². The van der Waals surface area contributed by atoms with E-state index >= 15 is 0 Å². The van der Waals surface area contributed by atoms with Gasteiger partial charge in [-0.3, -0.25) is 9.69 Å². The fourth-order valence-electron chi connectivity index (χ4n) is 3.16. The number of likely N-dealkylation sites (N-methyl/N-ethyl adjacent to an activating group) is 1. The highest BCUT2D eigenvalue weighted by Gasteiger charge is 2.31. The highest BCUT2D eigenvalue weighted by molar-refractivity contribution is 5.81. The van der Waals surface area contributed by atoms with Gasteiger partial charge in [0.2, 0.25) is 5.91 Å². The molecule has 1 heterocycles. The quantitative estimate of drug-likeness (QED) is 0.786. The molecule has 0 radical (unpaired) electrons. The number of rotatable bonds is 4. The fraction of sp³-hybridized carbons (Fsp3) is 0.933. The van der Waals surface area contributed by atoms with Crippen LogP contribution in [0.4, 0.5) is 0 Å². The highest BCUT2D eigenvalue weighted by Crippen LogP contribution is 2.27. The van der Waals surface area contributed by atoms with Gasteiger partial charge in [-0.2, -0.15) is 0 Å². The van der Waals surface area contributed by atoms with Crippen molar-refractivity contribution in [3.05, 3.63) is 0 Å². The van der Waals surface area contributed by atoms with Crippen LogP contribution in [-0.4, -0.2) is 72.2 Å². The Morgan fingerprint density at radius 2 is 1.80 bits per heavy atom. The molecule has 0 bridgehead atoms. The lowest BCUT2D eigenvalue weighted by Gasteiger charge is -2.37. The monoisotopic (exact) mass is 283 g/mol. The van der Waals surface area contributed by atoms with Crippen LogP contribution in [0.2, 0.25) is 0 Å². The summed E-state index contributed by atoms with van der Waals surface area (Å²) in [6.07, 6.45) is 4.97. The molecule has 5 heteroatoms. The first-order valence-corrected chi connectivity index (χ1v) is 7.93. The first kappa shape index (κ1) is 15.7. The summed E-state index contributed by atoms with van der Waals surface area (Å²) in [5.41, 5.74) is -0.671. The van der Waals surface area contributed by atoms with E-state index in [1.54, 1.807) is 0 Å². The Kier molecular flexibility index (Phi) is 5.41. The molecule has 1 atom stereocenters. The van der Waals surface area contributed by atoms with Crippen LogP contribution in [0.15, 0.2) is 0 Å². The Labute approximate surface area is 122 Å². The number of aliphatic hydroxyl groups is 1. The number of nitrogens with one attached hydrogen (secondary N) is 1. The first-order chi connectivity index (χ1) is 9.50. The molecule has 1 saturated carbocycles. The molecule has 116 valence electrons. The third kappa shape index (κ3) is 4.17. The summed E-state index contributed by atoms with van der Waals surface area (Å²) in [6, 6.07) is -0.101. The first-order valence-electron chi connectivity index (χ1n) is 7.93. The van der Waals surface area contributed by atoms with E-state index in [4.69, 9.17) is 0 Å². The molecule has 0 aromatic heterocycles. The van der Waals surface area contributed by atoms with Gasteiger partial charge in [-0.1, -0.05) is 19.3 Å². The van der Waals surface area contributed by atoms with Crippen LogP contribution in [0, 0.1) is 0 Å². The summed E-state index contributed by atoms with van der Waals surface area (Å²) in [4.78, 5) is 16.7. The standard InChI is InChI=1S/C15H29N3O2/c1-13(18-10-8-17(2)9-11-18)14(19)16-12-15(20)6-4-3-5-7-15/h13,20H,3-12H2,1-2H3,(H,16,19). The van der Waals surface area contributed by atoms with E-state index in [0.717, 1.165) is 51.9 Å². The number of nitrogens with zero attached hydrogens (tertiary/aromatic N) is 2. The Morgan fingerprint density at radius 3 is 2.40 bits per heavy atom. The summed E-state index contributed by atoms with van der Waals surface area (Å²) in [6.45, 7) is 6.28. The van der Waals surface area contributed by atoms with Crippen LogP contribution in [0.1, 0.15) is 39.0 Å². The molecule has 2 aliphatic rings. The van der Waals surface area contributed by atoms with E-state index in [9.17, 15) is 9.90 Å². The van der Waals surface area contributed by atoms with Crippen LogP contribution < -0.4 is 5.32 Å². The van der Waals surface area contributed by atoms with Crippen molar-refractivity contribution >= 4 is 5.91 Å². The molecule has 0 spiro atoms. The zero-order valence-corrected chi connectivity index (χ0v) is 12.9. The van der Waals surface area contributed by atoms with Gasteiger partial charge in [0.1, 0.15) is 0 Å². The molecule has 2 fully saturated rings.